The van der Waals surface area contributed by atoms with Crippen LogP contribution in [-0.4, -0.2) is 30.3 Å². The van der Waals surface area contributed by atoms with Gasteiger partial charge in [0.1, 0.15) is 0 Å². The van der Waals surface area contributed by atoms with E-state index in [1.807, 2.05) is 36.2 Å². The molecule has 0 saturated heterocycles. The Morgan fingerprint density at radius 1 is 0.958 bits per heavy atom. The van der Waals surface area contributed by atoms with E-state index in [2.05, 4.69) is 10.6 Å². The molecule has 0 aliphatic rings. The van der Waals surface area contributed by atoms with E-state index >= 15 is 0 Å². The van der Waals surface area contributed by atoms with Crippen LogP contribution in [0, 0.1) is 0 Å². The predicted molar refractivity (Wildman–Crippen MR) is 97.2 cm³/mol. The minimum Gasteiger partial charge on any atom is -0.326 e. The van der Waals surface area contributed by atoms with E-state index in [4.69, 9.17) is 11.6 Å². The summed E-state index contributed by atoms with van der Waals surface area (Å²) in [6.07, 6.45) is 0. The monoisotopic (exact) mass is 345 g/mol. The van der Waals surface area contributed by atoms with Crippen LogP contribution in [0.2, 0.25) is 5.02 Å². The molecular formula is C18H20ClN3O2. The number of hydrogen-bond acceptors (Lipinski definition) is 3. The van der Waals surface area contributed by atoms with E-state index < -0.39 is 0 Å². The van der Waals surface area contributed by atoms with E-state index in [-0.39, 0.29) is 18.4 Å². The SMILES string of the molecule is CC(=O)Nc1ccc(NC(=O)CN(C)Cc2ccc(Cl)cc2)cc1. The van der Waals surface area contributed by atoms with Gasteiger partial charge in [0.2, 0.25) is 11.8 Å². The van der Waals surface area contributed by atoms with Crippen LogP contribution < -0.4 is 10.6 Å². The van der Waals surface area contributed by atoms with Crippen molar-refractivity contribution in [2.45, 2.75) is 13.5 Å². The molecule has 126 valence electrons. The van der Waals surface area contributed by atoms with Gasteiger partial charge < -0.3 is 10.6 Å². The molecule has 5 nitrogen and oxygen atoms in total. The van der Waals surface area contributed by atoms with Crippen molar-refractivity contribution >= 4 is 34.8 Å². The topological polar surface area (TPSA) is 61.4 Å². The molecule has 2 N–H and O–H groups in total. The van der Waals surface area contributed by atoms with Crippen LogP contribution in [0.3, 0.4) is 0 Å². The highest BCUT2D eigenvalue weighted by atomic mass is 35.5. The maximum Gasteiger partial charge on any atom is 0.238 e. The number of anilines is 2. The highest BCUT2D eigenvalue weighted by Gasteiger charge is 2.08. The Labute approximate surface area is 146 Å². The summed E-state index contributed by atoms with van der Waals surface area (Å²) in [6, 6.07) is 14.5. The minimum atomic E-state index is -0.129. The summed E-state index contributed by atoms with van der Waals surface area (Å²) in [7, 11) is 1.88. The van der Waals surface area contributed by atoms with Crippen molar-refractivity contribution in [3.63, 3.8) is 0 Å². The number of halogens is 1. The van der Waals surface area contributed by atoms with Crippen molar-refractivity contribution in [3.8, 4) is 0 Å². The van der Waals surface area contributed by atoms with Gasteiger partial charge in [0.05, 0.1) is 6.54 Å². The Balaban J connectivity index is 1.83. The van der Waals surface area contributed by atoms with Crippen LogP contribution in [0.1, 0.15) is 12.5 Å². The zero-order valence-corrected chi connectivity index (χ0v) is 14.4. The van der Waals surface area contributed by atoms with Crippen molar-refractivity contribution in [2.75, 3.05) is 24.2 Å². The number of benzene rings is 2. The van der Waals surface area contributed by atoms with Crippen molar-refractivity contribution in [3.05, 3.63) is 59.1 Å². The number of nitrogens with zero attached hydrogens (tertiary/aromatic N) is 1. The Morgan fingerprint density at radius 2 is 1.50 bits per heavy atom. The molecule has 0 spiro atoms. The first kappa shape index (κ1) is 18.0. The molecule has 6 heteroatoms. The van der Waals surface area contributed by atoms with Crippen LogP contribution in [-0.2, 0) is 16.1 Å². The van der Waals surface area contributed by atoms with Crippen molar-refractivity contribution < 1.29 is 9.59 Å². The van der Waals surface area contributed by atoms with E-state index in [1.54, 1.807) is 24.3 Å². The van der Waals surface area contributed by atoms with Gasteiger partial charge in [-0.1, -0.05) is 23.7 Å². The molecule has 0 unspecified atom stereocenters. The lowest BCUT2D eigenvalue weighted by molar-refractivity contribution is -0.117. The number of rotatable bonds is 6. The van der Waals surface area contributed by atoms with E-state index in [9.17, 15) is 9.59 Å². The Hall–Kier alpha value is -2.37. The van der Waals surface area contributed by atoms with Crippen molar-refractivity contribution in [2.24, 2.45) is 0 Å². The molecule has 0 saturated carbocycles. The quantitative estimate of drug-likeness (QED) is 0.843. The summed E-state index contributed by atoms with van der Waals surface area (Å²) < 4.78 is 0. The molecule has 0 bridgehead atoms. The van der Waals surface area contributed by atoms with Gasteiger partial charge in [-0.2, -0.15) is 0 Å². The lowest BCUT2D eigenvalue weighted by Gasteiger charge is -2.16. The third kappa shape index (κ3) is 6.02. The molecule has 24 heavy (non-hydrogen) atoms. The smallest absolute Gasteiger partial charge is 0.238 e. The normalized spacial score (nSPS) is 10.5. The Kier molecular flexibility index (Phi) is 6.35. The molecule has 2 amide bonds. The first-order chi connectivity index (χ1) is 11.4. The average molecular weight is 346 g/mol. The van der Waals surface area contributed by atoms with E-state index in [0.717, 1.165) is 5.56 Å². The van der Waals surface area contributed by atoms with Gasteiger partial charge in [0.25, 0.3) is 0 Å². The van der Waals surface area contributed by atoms with Crippen molar-refractivity contribution in [1.82, 2.24) is 4.90 Å². The minimum absolute atomic E-state index is 0.0984. The molecule has 2 aromatic carbocycles. The summed E-state index contributed by atoms with van der Waals surface area (Å²) in [5, 5.41) is 6.21. The predicted octanol–water partition coefficient (Wildman–Crippen LogP) is 3.37. The van der Waals surface area contributed by atoms with Gasteiger partial charge >= 0.3 is 0 Å². The van der Waals surface area contributed by atoms with E-state index in [1.165, 1.54) is 6.92 Å². The fourth-order valence-corrected chi connectivity index (χ4v) is 2.37. The molecule has 0 atom stereocenters. The standard InChI is InChI=1S/C18H20ClN3O2/c1-13(23)20-16-7-9-17(10-8-16)21-18(24)12-22(2)11-14-3-5-15(19)6-4-14/h3-10H,11-12H2,1-2H3,(H,20,23)(H,21,24). The molecule has 0 radical (unpaired) electrons. The summed E-state index contributed by atoms with van der Waals surface area (Å²) in [5.74, 6) is -0.227. The van der Waals surface area contributed by atoms with Crippen LogP contribution >= 0.6 is 11.6 Å². The number of nitrogens with one attached hydrogen (secondary N) is 2. The maximum atomic E-state index is 12.1. The lowest BCUT2D eigenvalue weighted by atomic mass is 10.2. The average Bonchev–Trinajstić information content (AvgIpc) is 2.51. The highest BCUT2D eigenvalue weighted by Crippen LogP contribution is 2.14. The second-order valence-corrected chi connectivity index (χ2v) is 6.04. The summed E-state index contributed by atoms with van der Waals surface area (Å²) >= 11 is 5.86. The third-order valence-electron chi connectivity index (χ3n) is 3.27. The van der Waals surface area contributed by atoms with Crippen LogP contribution in [0.25, 0.3) is 0 Å². The molecule has 0 aliphatic carbocycles. The van der Waals surface area contributed by atoms with Crippen LogP contribution in [0.5, 0.6) is 0 Å². The molecular weight excluding hydrogens is 326 g/mol. The third-order valence-corrected chi connectivity index (χ3v) is 3.52. The van der Waals surface area contributed by atoms with Gasteiger partial charge in [-0.05, 0) is 49.0 Å². The fourth-order valence-electron chi connectivity index (χ4n) is 2.24. The maximum absolute atomic E-state index is 12.1. The summed E-state index contributed by atoms with van der Waals surface area (Å²) in [6.45, 7) is 2.38. The van der Waals surface area contributed by atoms with Crippen LogP contribution in [0.15, 0.2) is 48.5 Å². The number of carbonyl (C=O) groups excluding carboxylic acids is 2. The largest absolute Gasteiger partial charge is 0.326 e. The molecule has 0 aliphatic heterocycles. The number of amides is 2. The van der Waals surface area contributed by atoms with Crippen LogP contribution in [0.4, 0.5) is 11.4 Å². The number of carbonyl (C=O) groups is 2. The van der Waals surface area contributed by atoms with Crippen molar-refractivity contribution in [1.29, 1.82) is 0 Å². The highest BCUT2D eigenvalue weighted by molar-refractivity contribution is 6.30. The number of likely N-dealkylation sites (N-methyl/N-ethyl adjacent to an activating group) is 1. The fraction of sp³-hybridized carbons (Fsp3) is 0.222. The molecule has 0 aromatic heterocycles. The first-order valence-electron chi connectivity index (χ1n) is 7.53. The second-order valence-electron chi connectivity index (χ2n) is 5.61. The zero-order valence-electron chi connectivity index (χ0n) is 13.7. The van der Waals surface area contributed by atoms with Gasteiger partial charge in [-0.25, -0.2) is 0 Å². The molecule has 0 fully saturated rings. The molecule has 0 heterocycles. The second kappa shape index (κ2) is 8.47. The van der Waals surface area contributed by atoms with Gasteiger partial charge in [-0.3, -0.25) is 14.5 Å². The Bertz CT molecular complexity index is 699. The first-order valence-corrected chi connectivity index (χ1v) is 7.90. The van der Waals surface area contributed by atoms with Gasteiger partial charge in [0.15, 0.2) is 0 Å². The molecule has 2 aromatic rings. The summed E-state index contributed by atoms with van der Waals surface area (Å²) in [5.41, 5.74) is 2.48. The summed E-state index contributed by atoms with van der Waals surface area (Å²) in [4.78, 5) is 25.0. The van der Waals surface area contributed by atoms with E-state index in [0.29, 0.717) is 22.9 Å². The van der Waals surface area contributed by atoms with Gasteiger partial charge in [-0.15, -0.1) is 0 Å². The van der Waals surface area contributed by atoms with Gasteiger partial charge in [0, 0.05) is 29.9 Å². The zero-order chi connectivity index (χ0) is 17.5. The Morgan fingerprint density at radius 3 is 2.04 bits per heavy atom. The molecule has 2 rings (SSSR count). The number of hydrogen-bond donors (Lipinski definition) is 2. The lowest BCUT2D eigenvalue weighted by Crippen LogP contribution is -2.29.